The Morgan fingerprint density at radius 2 is 1.65 bits per heavy atom. The number of rotatable bonds is 3. The van der Waals surface area contributed by atoms with E-state index in [0.717, 1.165) is 48.4 Å². The molecule has 1 aliphatic rings. The Morgan fingerprint density at radius 1 is 0.957 bits per heavy atom. The summed E-state index contributed by atoms with van der Waals surface area (Å²) in [7, 11) is 0. The van der Waals surface area contributed by atoms with Gasteiger partial charge in [-0.3, -0.25) is 4.79 Å². The highest BCUT2D eigenvalue weighted by atomic mass is 16.2. The zero-order valence-corrected chi connectivity index (χ0v) is 13.0. The number of nitrogens with zero attached hydrogens (tertiary/aromatic N) is 3. The van der Waals surface area contributed by atoms with Crippen LogP contribution in [0.25, 0.3) is 22.4 Å². The van der Waals surface area contributed by atoms with Crippen LogP contribution in [0.3, 0.4) is 0 Å². The molecule has 0 bridgehead atoms. The van der Waals surface area contributed by atoms with Crippen LogP contribution < -0.4 is 0 Å². The normalized spacial score (nSPS) is 14.5. The SMILES string of the molecule is O=C(Cn1c(-c2ccccc2)nc2ccccc21)N1CCCC1. The minimum atomic E-state index is 0.183. The van der Waals surface area contributed by atoms with Crippen molar-refractivity contribution in [2.45, 2.75) is 19.4 Å². The molecule has 1 aliphatic heterocycles. The number of carbonyl (C=O) groups excluding carboxylic acids is 1. The molecule has 2 heterocycles. The van der Waals surface area contributed by atoms with Crippen LogP contribution in [0.4, 0.5) is 0 Å². The quantitative estimate of drug-likeness (QED) is 0.744. The second-order valence-electron chi connectivity index (χ2n) is 5.96. The Labute approximate surface area is 135 Å². The third kappa shape index (κ3) is 2.61. The second-order valence-corrected chi connectivity index (χ2v) is 5.96. The Morgan fingerprint density at radius 3 is 2.43 bits per heavy atom. The number of benzene rings is 2. The van der Waals surface area contributed by atoms with E-state index in [1.54, 1.807) is 0 Å². The third-order valence-corrected chi connectivity index (χ3v) is 4.44. The van der Waals surface area contributed by atoms with E-state index in [0.29, 0.717) is 6.54 Å². The molecule has 116 valence electrons. The van der Waals surface area contributed by atoms with Gasteiger partial charge in [-0.1, -0.05) is 42.5 Å². The summed E-state index contributed by atoms with van der Waals surface area (Å²) in [6, 6.07) is 18.1. The van der Waals surface area contributed by atoms with E-state index in [1.807, 2.05) is 64.1 Å². The summed E-state index contributed by atoms with van der Waals surface area (Å²) < 4.78 is 2.05. The van der Waals surface area contributed by atoms with E-state index in [9.17, 15) is 4.79 Å². The molecule has 0 N–H and O–H groups in total. The molecule has 0 aliphatic carbocycles. The van der Waals surface area contributed by atoms with Gasteiger partial charge in [0.25, 0.3) is 0 Å². The summed E-state index contributed by atoms with van der Waals surface area (Å²) in [5.41, 5.74) is 2.98. The molecule has 0 spiro atoms. The molecule has 1 fully saturated rings. The van der Waals surface area contributed by atoms with Gasteiger partial charge in [0.2, 0.25) is 5.91 Å². The van der Waals surface area contributed by atoms with Gasteiger partial charge >= 0.3 is 0 Å². The molecule has 1 aromatic heterocycles. The maximum absolute atomic E-state index is 12.6. The zero-order chi connectivity index (χ0) is 15.6. The maximum atomic E-state index is 12.6. The van der Waals surface area contributed by atoms with Gasteiger partial charge in [-0.2, -0.15) is 0 Å². The van der Waals surface area contributed by atoms with Crippen LogP contribution in [0.2, 0.25) is 0 Å². The smallest absolute Gasteiger partial charge is 0.242 e. The highest BCUT2D eigenvalue weighted by molar-refractivity contribution is 5.84. The molecule has 0 radical (unpaired) electrons. The van der Waals surface area contributed by atoms with Crippen LogP contribution >= 0.6 is 0 Å². The first kappa shape index (κ1) is 14.0. The van der Waals surface area contributed by atoms with Crippen molar-refractivity contribution in [3.63, 3.8) is 0 Å². The van der Waals surface area contributed by atoms with Crippen LogP contribution in [-0.4, -0.2) is 33.4 Å². The molecule has 4 heteroatoms. The molecule has 3 aromatic rings. The number of likely N-dealkylation sites (tertiary alicyclic amines) is 1. The van der Waals surface area contributed by atoms with Crippen molar-refractivity contribution in [1.82, 2.24) is 14.5 Å². The van der Waals surface area contributed by atoms with E-state index >= 15 is 0 Å². The van der Waals surface area contributed by atoms with Crippen molar-refractivity contribution in [2.24, 2.45) is 0 Å². The van der Waals surface area contributed by atoms with E-state index < -0.39 is 0 Å². The molecular weight excluding hydrogens is 286 g/mol. The van der Waals surface area contributed by atoms with E-state index in [-0.39, 0.29) is 5.91 Å². The lowest BCUT2D eigenvalue weighted by molar-refractivity contribution is -0.130. The summed E-state index contributed by atoms with van der Waals surface area (Å²) in [4.78, 5) is 19.3. The summed E-state index contributed by atoms with van der Waals surface area (Å²) in [5.74, 6) is 1.04. The minimum absolute atomic E-state index is 0.183. The molecule has 0 atom stereocenters. The van der Waals surface area contributed by atoms with E-state index in [4.69, 9.17) is 4.98 Å². The topological polar surface area (TPSA) is 38.1 Å². The second kappa shape index (κ2) is 5.88. The Kier molecular flexibility index (Phi) is 3.58. The van der Waals surface area contributed by atoms with Gasteiger partial charge in [-0.15, -0.1) is 0 Å². The fourth-order valence-corrected chi connectivity index (χ4v) is 3.24. The predicted octanol–water partition coefficient (Wildman–Crippen LogP) is 3.33. The number of carbonyl (C=O) groups is 1. The lowest BCUT2D eigenvalue weighted by atomic mass is 10.2. The highest BCUT2D eigenvalue weighted by Crippen LogP contribution is 2.25. The Balaban J connectivity index is 1.78. The van der Waals surface area contributed by atoms with Crippen LogP contribution in [-0.2, 0) is 11.3 Å². The molecule has 1 amide bonds. The van der Waals surface area contributed by atoms with Gasteiger partial charge in [-0.05, 0) is 25.0 Å². The van der Waals surface area contributed by atoms with Crippen molar-refractivity contribution >= 4 is 16.9 Å². The van der Waals surface area contributed by atoms with Gasteiger partial charge in [0, 0.05) is 18.7 Å². The van der Waals surface area contributed by atoms with Crippen LogP contribution in [0.5, 0.6) is 0 Å². The number of hydrogen-bond donors (Lipinski definition) is 0. The lowest BCUT2D eigenvalue weighted by Gasteiger charge is -2.17. The summed E-state index contributed by atoms with van der Waals surface area (Å²) >= 11 is 0. The summed E-state index contributed by atoms with van der Waals surface area (Å²) in [6.45, 7) is 2.11. The van der Waals surface area contributed by atoms with Crippen molar-refractivity contribution in [3.8, 4) is 11.4 Å². The number of fused-ring (bicyclic) bond motifs is 1. The van der Waals surface area contributed by atoms with E-state index in [2.05, 4.69) is 0 Å². The number of para-hydroxylation sites is 2. The number of imidazole rings is 1. The molecule has 1 saturated heterocycles. The fourth-order valence-electron chi connectivity index (χ4n) is 3.24. The monoisotopic (exact) mass is 305 g/mol. The van der Waals surface area contributed by atoms with Crippen molar-refractivity contribution in [1.29, 1.82) is 0 Å². The fraction of sp³-hybridized carbons (Fsp3) is 0.263. The van der Waals surface area contributed by atoms with Crippen molar-refractivity contribution < 1.29 is 4.79 Å². The van der Waals surface area contributed by atoms with Crippen molar-refractivity contribution in [2.75, 3.05) is 13.1 Å². The molecule has 2 aromatic carbocycles. The predicted molar refractivity (Wildman–Crippen MR) is 91.0 cm³/mol. The van der Waals surface area contributed by atoms with E-state index in [1.165, 1.54) is 0 Å². The molecule has 0 saturated carbocycles. The van der Waals surface area contributed by atoms with Gasteiger partial charge < -0.3 is 9.47 Å². The first-order valence-corrected chi connectivity index (χ1v) is 8.11. The maximum Gasteiger partial charge on any atom is 0.242 e. The number of aromatic nitrogens is 2. The van der Waals surface area contributed by atoms with Crippen molar-refractivity contribution in [3.05, 3.63) is 54.6 Å². The standard InChI is InChI=1S/C19H19N3O/c23-18(21-12-6-7-13-21)14-22-17-11-5-4-10-16(17)20-19(22)15-8-2-1-3-9-15/h1-5,8-11H,6-7,12-14H2. The van der Waals surface area contributed by atoms with Gasteiger partial charge in [0.1, 0.15) is 12.4 Å². The number of amides is 1. The molecule has 0 unspecified atom stereocenters. The Hall–Kier alpha value is -2.62. The lowest BCUT2D eigenvalue weighted by Crippen LogP contribution is -2.31. The first-order chi connectivity index (χ1) is 11.3. The average Bonchev–Trinajstić information content (AvgIpc) is 3.24. The zero-order valence-electron chi connectivity index (χ0n) is 13.0. The molecule has 4 nitrogen and oxygen atoms in total. The Bertz CT molecular complexity index is 832. The molecule has 4 rings (SSSR count). The van der Waals surface area contributed by atoms with Gasteiger partial charge in [0.15, 0.2) is 0 Å². The molecule has 23 heavy (non-hydrogen) atoms. The average molecular weight is 305 g/mol. The largest absolute Gasteiger partial charge is 0.341 e. The van der Waals surface area contributed by atoms with Gasteiger partial charge in [0.05, 0.1) is 11.0 Å². The summed E-state index contributed by atoms with van der Waals surface area (Å²) in [6.07, 6.45) is 2.23. The first-order valence-electron chi connectivity index (χ1n) is 8.11. The van der Waals surface area contributed by atoms with Crippen LogP contribution in [0.1, 0.15) is 12.8 Å². The summed E-state index contributed by atoms with van der Waals surface area (Å²) in [5, 5.41) is 0. The third-order valence-electron chi connectivity index (χ3n) is 4.44. The van der Waals surface area contributed by atoms with Crippen LogP contribution in [0.15, 0.2) is 54.6 Å². The highest BCUT2D eigenvalue weighted by Gasteiger charge is 2.21. The minimum Gasteiger partial charge on any atom is -0.341 e. The molecular formula is C19H19N3O. The van der Waals surface area contributed by atoms with Crippen LogP contribution in [0, 0.1) is 0 Å². The van der Waals surface area contributed by atoms with Gasteiger partial charge in [-0.25, -0.2) is 4.98 Å². The number of hydrogen-bond acceptors (Lipinski definition) is 2.